The maximum Gasteiger partial charge on any atom is 0.240 e. The number of hydrogen-bond acceptors (Lipinski definition) is 2. The van der Waals surface area contributed by atoms with Crippen LogP contribution in [0.5, 0.6) is 0 Å². The van der Waals surface area contributed by atoms with E-state index in [0.29, 0.717) is 12.8 Å². The predicted octanol–water partition coefficient (Wildman–Crippen LogP) is 2.86. The average molecular weight is 269 g/mol. The summed E-state index contributed by atoms with van der Waals surface area (Å²) in [6, 6.07) is 7.85. The molecule has 1 atom stereocenters. The van der Waals surface area contributed by atoms with E-state index in [2.05, 4.69) is 18.4 Å². The molecule has 1 aliphatic heterocycles. The molecule has 0 fully saturated rings. The molecular weight excluding hydrogens is 250 g/mol. The lowest BCUT2D eigenvalue weighted by atomic mass is 9.76. The van der Waals surface area contributed by atoms with E-state index >= 15 is 0 Å². The van der Waals surface area contributed by atoms with Crippen LogP contribution >= 0.6 is 0 Å². The number of carbonyl (C=O) groups excluding carboxylic acids is 1. The van der Waals surface area contributed by atoms with Crippen molar-refractivity contribution in [3.05, 3.63) is 42.5 Å². The monoisotopic (exact) mass is 269 g/mol. The Morgan fingerprint density at radius 2 is 2.20 bits per heavy atom. The lowest BCUT2D eigenvalue weighted by Crippen LogP contribution is -2.40. The fourth-order valence-corrected chi connectivity index (χ4v) is 2.78. The van der Waals surface area contributed by atoms with E-state index in [-0.39, 0.29) is 12.6 Å². The molecule has 0 bridgehead atoms. The van der Waals surface area contributed by atoms with Crippen molar-refractivity contribution in [3.8, 4) is 11.8 Å². The fraction of sp³-hybridized carbons (Fsp3) is 0.353. The Balaban J connectivity index is 2.57. The van der Waals surface area contributed by atoms with Gasteiger partial charge in [0.15, 0.2) is 0 Å². The minimum Gasteiger partial charge on any atom is -0.364 e. The van der Waals surface area contributed by atoms with Crippen LogP contribution in [-0.2, 0) is 14.9 Å². The number of anilines is 1. The van der Waals surface area contributed by atoms with Crippen LogP contribution in [0.25, 0.3) is 0 Å². The summed E-state index contributed by atoms with van der Waals surface area (Å²) >= 11 is 0. The molecule has 0 spiro atoms. The lowest BCUT2D eigenvalue weighted by molar-refractivity contribution is -0.123. The summed E-state index contributed by atoms with van der Waals surface area (Å²) in [7, 11) is 1.59. The summed E-state index contributed by atoms with van der Waals surface area (Å²) in [4.78, 5) is 14.6. The first kappa shape index (κ1) is 14.4. The van der Waals surface area contributed by atoms with Gasteiger partial charge in [0.1, 0.15) is 6.73 Å². The van der Waals surface area contributed by atoms with Crippen molar-refractivity contribution in [2.45, 2.75) is 25.2 Å². The van der Waals surface area contributed by atoms with Crippen LogP contribution < -0.4 is 4.90 Å². The average Bonchev–Trinajstić information content (AvgIpc) is 2.69. The number of para-hydroxylation sites is 1. The molecule has 0 saturated carbocycles. The zero-order valence-corrected chi connectivity index (χ0v) is 12.0. The Morgan fingerprint density at radius 3 is 2.85 bits per heavy atom. The van der Waals surface area contributed by atoms with Crippen molar-refractivity contribution < 1.29 is 9.53 Å². The highest BCUT2D eigenvalue weighted by atomic mass is 16.5. The van der Waals surface area contributed by atoms with Gasteiger partial charge >= 0.3 is 0 Å². The molecule has 1 aliphatic rings. The second-order valence-electron chi connectivity index (χ2n) is 4.85. The minimum absolute atomic E-state index is 0.0446. The van der Waals surface area contributed by atoms with Crippen LogP contribution in [0.2, 0.25) is 0 Å². The highest BCUT2D eigenvalue weighted by Crippen LogP contribution is 2.46. The van der Waals surface area contributed by atoms with Gasteiger partial charge in [-0.15, -0.1) is 18.4 Å². The van der Waals surface area contributed by atoms with Crippen LogP contribution in [0, 0.1) is 11.8 Å². The quantitative estimate of drug-likeness (QED) is 0.607. The molecule has 3 nitrogen and oxygen atoms in total. The Bertz CT molecular complexity index is 582. The Morgan fingerprint density at radius 1 is 1.45 bits per heavy atom. The minimum atomic E-state index is -0.625. The number of fused-ring (bicyclic) bond motifs is 1. The molecule has 20 heavy (non-hydrogen) atoms. The predicted molar refractivity (Wildman–Crippen MR) is 80.4 cm³/mol. The molecule has 104 valence electrons. The van der Waals surface area contributed by atoms with Crippen molar-refractivity contribution in [3.63, 3.8) is 0 Å². The second-order valence-corrected chi connectivity index (χ2v) is 4.85. The third-order valence-electron chi connectivity index (χ3n) is 3.68. The molecule has 1 unspecified atom stereocenters. The van der Waals surface area contributed by atoms with Crippen molar-refractivity contribution in [1.29, 1.82) is 0 Å². The number of amides is 1. The number of rotatable bonds is 5. The largest absolute Gasteiger partial charge is 0.364 e. The molecule has 0 saturated heterocycles. The Hall–Kier alpha value is -2.05. The number of allylic oxidation sites excluding steroid dienone is 1. The third-order valence-corrected chi connectivity index (χ3v) is 3.68. The Labute approximate surface area is 120 Å². The summed E-state index contributed by atoms with van der Waals surface area (Å²) in [6.45, 7) is 5.86. The molecule has 0 N–H and O–H groups in total. The van der Waals surface area contributed by atoms with E-state index in [0.717, 1.165) is 11.3 Å². The van der Waals surface area contributed by atoms with E-state index in [1.807, 2.05) is 24.3 Å². The summed E-state index contributed by atoms with van der Waals surface area (Å²) in [5.41, 5.74) is 1.31. The number of ether oxygens (including phenoxy) is 1. The topological polar surface area (TPSA) is 29.5 Å². The molecule has 1 amide bonds. The Kier molecular flexibility index (Phi) is 4.26. The van der Waals surface area contributed by atoms with Gasteiger partial charge in [0, 0.05) is 13.5 Å². The first-order valence-corrected chi connectivity index (χ1v) is 6.62. The zero-order chi connectivity index (χ0) is 14.6. The highest BCUT2D eigenvalue weighted by molar-refractivity contribution is 6.08. The number of carbonyl (C=O) groups is 1. The number of hydrogen-bond donors (Lipinski definition) is 0. The van der Waals surface area contributed by atoms with Crippen LogP contribution in [0.3, 0.4) is 0 Å². The van der Waals surface area contributed by atoms with Gasteiger partial charge in [-0.05, 0) is 25.0 Å². The van der Waals surface area contributed by atoms with E-state index in [9.17, 15) is 4.79 Å². The van der Waals surface area contributed by atoms with Crippen LogP contribution in [0.15, 0.2) is 36.9 Å². The van der Waals surface area contributed by atoms with Gasteiger partial charge < -0.3 is 4.74 Å². The molecule has 0 aromatic heterocycles. The maximum absolute atomic E-state index is 12.9. The summed E-state index contributed by atoms with van der Waals surface area (Å²) in [6.07, 6.45) is 2.88. The van der Waals surface area contributed by atoms with Crippen LogP contribution in [0.4, 0.5) is 5.69 Å². The van der Waals surface area contributed by atoms with Crippen LogP contribution in [-0.4, -0.2) is 19.7 Å². The number of nitrogens with zero attached hydrogens (tertiary/aromatic N) is 1. The standard InChI is InChI=1S/C17H19NO2/c1-4-6-12-17(11-5-2)14-9-7-8-10-15(14)18(13-20-3)16(17)19/h5,7-10H,2,11-13H2,1,3H3. The molecule has 0 radical (unpaired) electrons. The van der Waals surface area contributed by atoms with Crippen molar-refractivity contribution in [2.75, 3.05) is 18.7 Å². The molecule has 2 rings (SSSR count). The van der Waals surface area contributed by atoms with Gasteiger partial charge in [0.25, 0.3) is 0 Å². The van der Waals surface area contributed by atoms with E-state index < -0.39 is 5.41 Å². The molecule has 1 heterocycles. The number of benzene rings is 1. The molecule has 3 heteroatoms. The summed E-state index contributed by atoms with van der Waals surface area (Å²) in [5, 5.41) is 0. The lowest BCUT2D eigenvalue weighted by Gasteiger charge is -2.25. The molecule has 1 aromatic carbocycles. The van der Waals surface area contributed by atoms with Crippen molar-refractivity contribution in [2.24, 2.45) is 0 Å². The third kappa shape index (κ3) is 2.13. The van der Waals surface area contributed by atoms with Crippen molar-refractivity contribution in [1.82, 2.24) is 0 Å². The van der Waals surface area contributed by atoms with Gasteiger partial charge in [0.05, 0.1) is 11.1 Å². The van der Waals surface area contributed by atoms with Crippen molar-refractivity contribution >= 4 is 11.6 Å². The smallest absolute Gasteiger partial charge is 0.240 e. The van der Waals surface area contributed by atoms with Gasteiger partial charge in [-0.25, -0.2) is 0 Å². The SMILES string of the molecule is C=CCC1(CC#CC)C(=O)N(COC)c2ccccc21. The fourth-order valence-electron chi connectivity index (χ4n) is 2.78. The first-order valence-electron chi connectivity index (χ1n) is 6.62. The highest BCUT2D eigenvalue weighted by Gasteiger charge is 2.49. The zero-order valence-electron chi connectivity index (χ0n) is 12.0. The summed E-state index contributed by atoms with van der Waals surface area (Å²) in [5.74, 6) is 6.00. The maximum atomic E-state index is 12.9. The first-order chi connectivity index (χ1) is 9.71. The van der Waals surface area contributed by atoms with E-state index in [1.165, 1.54) is 0 Å². The molecule has 0 aliphatic carbocycles. The van der Waals surface area contributed by atoms with Crippen LogP contribution in [0.1, 0.15) is 25.3 Å². The van der Waals surface area contributed by atoms with Gasteiger partial charge in [-0.1, -0.05) is 24.3 Å². The van der Waals surface area contributed by atoms with E-state index in [1.54, 1.807) is 25.0 Å². The van der Waals surface area contributed by atoms with Gasteiger partial charge in [-0.3, -0.25) is 9.69 Å². The van der Waals surface area contributed by atoms with Gasteiger partial charge in [0.2, 0.25) is 5.91 Å². The normalized spacial score (nSPS) is 20.3. The summed E-state index contributed by atoms with van der Waals surface area (Å²) < 4.78 is 5.17. The number of methoxy groups -OCH3 is 1. The second kappa shape index (κ2) is 5.94. The molecule has 1 aromatic rings. The molecular formula is C17H19NO2. The van der Waals surface area contributed by atoms with Gasteiger partial charge in [-0.2, -0.15) is 0 Å². The van der Waals surface area contributed by atoms with E-state index in [4.69, 9.17) is 4.74 Å².